The molecule has 2 heterocycles. The molecule has 88 valence electrons. The Bertz CT molecular complexity index is 585. The van der Waals surface area contributed by atoms with Crippen LogP contribution in [-0.2, 0) is 0 Å². The molecule has 1 aliphatic rings. The predicted molar refractivity (Wildman–Crippen MR) is 71.2 cm³/mol. The zero-order chi connectivity index (χ0) is 11.8. The van der Waals surface area contributed by atoms with E-state index in [-0.39, 0.29) is 0 Å². The maximum Gasteiger partial charge on any atom is 0.134 e. The van der Waals surface area contributed by atoms with Crippen LogP contribution in [0.5, 0.6) is 0 Å². The summed E-state index contributed by atoms with van der Waals surface area (Å²) < 4.78 is 0. The molecule has 0 spiro atoms. The van der Waals surface area contributed by atoms with Gasteiger partial charge in [0.1, 0.15) is 5.82 Å². The molecule has 0 amide bonds. The third-order valence-corrected chi connectivity index (χ3v) is 3.40. The lowest BCUT2D eigenvalue weighted by Gasteiger charge is -2.20. The minimum Gasteiger partial charge on any atom is -0.338 e. The molecule has 1 aliphatic heterocycles. The maximum atomic E-state index is 5.96. The highest BCUT2D eigenvalue weighted by Crippen LogP contribution is 2.23. The number of hydrogen-bond donors (Lipinski definition) is 1. The normalized spacial score (nSPS) is 17.4. The van der Waals surface area contributed by atoms with E-state index in [9.17, 15) is 0 Å². The number of hydrogen-bond acceptors (Lipinski definition) is 2. The molecule has 0 radical (unpaired) electrons. The third kappa shape index (κ3) is 2.08. The van der Waals surface area contributed by atoms with Gasteiger partial charge < -0.3 is 9.88 Å². The zero-order valence-electron chi connectivity index (χ0n) is 9.70. The highest BCUT2D eigenvalue weighted by Gasteiger charge is 2.12. The molecule has 1 aromatic heterocycles. The lowest BCUT2D eigenvalue weighted by molar-refractivity contribution is 0.369. The summed E-state index contributed by atoms with van der Waals surface area (Å²) in [6.45, 7) is 2.08. The van der Waals surface area contributed by atoms with Crippen LogP contribution < -0.4 is 0 Å². The van der Waals surface area contributed by atoms with Crippen molar-refractivity contribution < 1.29 is 0 Å². The molecular weight excluding hydrogens is 234 g/mol. The van der Waals surface area contributed by atoms with E-state index in [1.807, 2.05) is 18.2 Å². The first-order valence-electron chi connectivity index (χ1n) is 5.75. The molecule has 0 atom stereocenters. The van der Waals surface area contributed by atoms with Crippen LogP contribution in [-0.4, -0.2) is 35.0 Å². The number of nitrogens with zero attached hydrogens (tertiary/aromatic N) is 2. The van der Waals surface area contributed by atoms with Gasteiger partial charge in [-0.25, -0.2) is 4.98 Å². The van der Waals surface area contributed by atoms with Gasteiger partial charge in [0.15, 0.2) is 0 Å². The summed E-state index contributed by atoms with van der Waals surface area (Å²) in [7, 11) is 2.13. The Kier molecular flexibility index (Phi) is 2.65. The minimum absolute atomic E-state index is 0.741. The Morgan fingerprint density at radius 3 is 3.06 bits per heavy atom. The lowest BCUT2D eigenvalue weighted by Crippen LogP contribution is -2.23. The molecule has 3 nitrogen and oxygen atoms in total. The van der Waals surface area contributed by atoms with Gasteiger partial charge in [-0.1, -0.05) is 17.7 Å². The number of imidazole rings is 1. The second-order valence-electron chi connectivity index (χ2n) is 4.49. The van der Waals surface area contributed by atoms with Gasteiger partial charge in [0.2, 0.25) is 0 Å². The second-order valence-corrected chi connectivity index (χ2v) is 4.92. The van der Waals surface area contributed by atoms with Gasteiger partial charge in [0, 0.05) is 18.1 Å². The smallest absolute Gasteiger partial charge is 0.134 e. The van der Waals surface area contributed by atoms with E-state index in [0.717, 1.165) is 41.4 Å². The molecular formula is C13H14ClN3. The fourth-order valence-corrected chi connectivity index (χ4v) is 2.29. The van der Waals surface area contributed by atoms with Crippen LogP contribution in [0.15, 0.2) is 24.3 Å². The molecule has 0 unspecified atom stereocenters. The standard InChI is InChI=1S/C13H14ClN3/c1-17-6-4-9(5-7-17)13-15-11-3-2-10(14)8-12(11)16-13/h2-4,8H,5-7H2,1H3,(H,15,16). The molecule has 1 aromatic carbocycles. The number of H-pyrrole nitrogens is 1. The first kappa shape index (κ1) is 10.8. The largest absolute Gasteiger partial charge is 0.338 e. The monoisotopic (exact) mass is 247 g/mol. The van der Waals surface area contributed by atoms with E-state index < -0.39 is 0 Å². The second kappa shape index (κ2) is 4.17. The molecule has 0 saturated heterocycles. The highest BCUT2D eigenvalue weighted by atomic mass is 35.5. The summed E-state index contributed by atoms with van der Waals surface area (Å²) in [4.78, 5) is 10.2. The van der Waals surface area contributed by atoms with Gasteiger partial charge in [-0.2, -0.15) is 0 Å². The van der Waals surface area contributed by atoms with E-state index in [4.69, 9.17) is 11.6 Å². The average Bonchev–Trinajstić information content (AvgIpc) is 2.72. The van der Waals surface area contributed by atoms with Gasteiger partial charge >= 0.3 is 0 Å². The Morgan fingerprint density at radius 1 is 1.41 bits per heavy atom. The van der Waals surface area contributed by atoms with Crippen molar-refractivity contribution in [3.05, 3.63) is 35.1 Å². The molecule has 4 heteroatoms. The Morgan fingerprint density at radius 2 is 2.29 bits per heavy atom. The highest BCUT2D eigenvalue weighted by molar-refractivity contribution is 6.31. The van der Waals surface area contributed by atoms with Crippen LogP contribution in [0.3, 0.4) is 0 Å². The van der Waals surface area contributed by atoms with E-state index >= 15 is 0 Å². The fraction of sp³-hybridized carbons (Fsp3) is 0.308. The summed E-state index contributed by atoms with van der Waals surface area (Å²) in [5, 5.41) is 0.741. The summed E-state index contributed by atoms with van der Waals surface area (Å²) in [5.74, 6) is 0.982. The van der Waals surface area contributed by atoms with Crippen molar-refractivity contribution in [1.82, 2.24) is 14.9 Å². The Labute approximate surface area is 105 Å². The number of aromatic amines is 1. The molecule has 0 saturated carbocycles. The molecule has 3 rings (SSSR count). The van der Waals surface area contributed by atoms with Gasteiger partial charge in [-0.15, -0.1) is 0 Å². The number of benzene rings is 1. The molecule has 0 fully saturated rings. The van der Waals surface area contributed by atoms with E-state index in [0.29, 0.717) is 0 Å². The third-order valence-electron chi connectivity index (χ3n) is 3.16. The quantitative estimate of drug-likeness (QED) is 0.840. The summed E-state index contributed by atoms with van der Waals surface area (Å²) in [6.07, 6.45) is 3.28. The minimum atomic E-state index is 0.741. The molecule has 17 heavy (non-hydrogen) atoms. The van der Waals surface area contributed by atoms with Crippen LogP contribution in [0.25, 0.3) is 16.6 Å². The first-order valence-corrected chi connectivity index (χ1v) is 6.13. The van der Waals surface area contributed by atoms with Gasteiger partial charge in [0.25, 0.3) is 0 Å². The Balaban J connectivity index is 2.01. The van der Waals surface area contributed by atoms with Crippen LogP contribution in [0.1, 0.15) is 12.2 Å². The molecule has 0 bridgehead atoms. The SMILES string of the molecule is CN1CC=C(c2nc3ccc(Cl)cc3[nH]2)CC1. The number of rotatable bonds is 1. The van der Waals surface area contributed by atoms with Gasteiger partial charge in [-0.3, -0.25) is 0 Å². The van der Waals surface area contributed by atoms with Gasteiger partial charge in [0.05, 0.1) is 11.0 Å². The van der Waals surface area contributed by atoms with Crippen molar-refractivity contribution >= 4 is 28.2 Å². The van der Waals surface area contributed by atoms with Crippen molar-refractivity contribution in [1.29, 1.82) is 0 Å². The van der Waals surface area contributed by atoms with Crippen LogP contribution in [0, 0.1) is 0 Å². The zero-order valence-corrected chi connectivity index (χ0v) is 10.5. The number of aromatic nitrogens is 2. The van der Waals surface area contributed by atoms with Crippen molar-refractivity contribution in [3.63, 3.8) is 0 Å². The predicted octanol–water partition coefficient (Wildman–Crippen LogP) is 2.94. The van der Waals surface area contributed by atoms with Crippen molar-refractivity contribution in [2.24, 2.45) is 0 Å². The topological polar surface area (TPSA) is 31.9 Å². The molecule has 0 aliphatic carbocycles. The molecule has 1 N–H and O–H groups in total. The summed E-state index contributed by atoms with van der Waals surface area (Å²) in [5.41, 5.74) is 3.28. The van der Waals surface area contributed by atoms with Crippen LogP contribution in [0.4, 0.5) is 0 Å². The number of nitrogens with one attached hydrogen (secondary N) is 1. The number of halogens is 1. The first-order chi connectivity index (χ1) is 8.22. The van der Waals surface area contributed by atoms with Crippen molar-refractivity contribution in [2.75, 3.05) is 20.1 Å². The van der Waals surface area contributed by atoms with Crippen molar-refractivity contribution in [3.8, 4) is 0 Å². The van der Waals surface area contributed by atoms with Crippen molar-refractivity contribution in [2.45, 2.75) is 6.42 Å². The maximum absolute atomic E-state index is 5.96. The Hall–Kier alpha value is -1.32. The van der Waals surface area contributed by atoms with E-state index in [2.05, 4.69) is 28.0 Å². The van der Waals surface area contributed by atoms with E-state index in [1.54, 1.807) is 0 Å². The summed E-state index contributed by atoms with van der Waals surface area (Å²) in [6, 6.07) is 5.74. The van der Waals surface area contributed by atoms with Crippen LogP contribution in [0.2, 0.25) is 5.02 Å². The van der Waals surface area contributed by atoms with E-state index in [1.165, 1.54) is 5.57 Å². The summed E-state index contributed by atoms with van der Waals surface area (Å²) >= 11 is 5.96. The van der Waals surface area contributed by atoms with Crippen LogP contribution >= 0.6 is 11.6 Å². The number of fused-ring (bicyclic) bond motifs is 1. The fourth-order valence-electron chi connectivity index (χ4n) is 2.12. The lowest BCUT2D eigenvalue weighted by atomic mass is 10.1. The van der Waals surface area contributed by atoms with Gasteiger partial charge in [-0.05, 0) is 37.2 Å². The average molecular weight is 248 g/mol. The number of likely N-dealkylation sites (N-methyl/N-ethyl adjacent to an activating group) is 1. The molecule has 2 aromatic rings.